The van der Waals surface area contributed by atoms with Gasteiger partial charge in [0.25, 0.3) is 0 Å². The molecule has 6 nitrogen and oxygen atoms in total. The average molecular weight is 278 g/mol. The van der Waals surface area contributed by atoms with Crippen LogP contribution in [-0.2, 0) is 11.3 Å². The third-order valence-corrected chi connectivity index (χ3v) is 3.55. The molecule has 0 radical (unpaired) electrons. The summed E-state index contributed by atoms with van der Waals surface area (Å²) < 4.78 is 4.72. The molecular weight excluding hydrogens is 264 g/mol. The maximum Gasteiger partial charge on any atom is 0.340 e. The highest BCUT2D eigenvalue weighted by atomic mass is 32.1. The summed E-state index contributed by atoms with van der Waals surface area (Å²) in [7, 11) is 1.33. The molecule has 100 valence electrons. The van der Waals surface area contributed by atoms with Gasteiger partial charge >= 0.3 is 5.97 Å². The highest BCUT2D eigenvalue weighted by molar-refractivity contribution is 7.09. The van der Waals surface area contributed by atoms with Crippen molar-refractivity contribution < 1.29 is 9.53 Å². The van der Waals surface area contributed by atoms with Crippen LogP contribution in [0.15, 0.2) is 17.8 Å². The molecular formula is C12H14N4O2S. The molecule has 0 unspecified atom stereocenters. The lowest BCUT2D eigenvalue weighted by molar-refractivity contribution is 0.0601. The maximum absolute atomic E-state index is 11.7. The van der Waals surface area contributed by atoms with Crippen molar-refractivity contribution in [2.24, 2.45) is 0 Å². The fourth-order valence-electron chi connectivity index (χ4n) is 1.56. The van der Waals surface area contributed by atoms with Crippen LogP contribution in [0.4, 0.5) is 11.5 Å². The van der Waals surface area contributed by atoms with Crippen molar-refractivity contribution >= 4 is 28.8 Å². The first-order valence-electron chi connectivity index (χ1n) is 5.58. The highest BCUT2D eigenvalue weighted by Gasteiger charge is 2.13. The first kappa shape index (κ1) is 13.3. The molecule has 2 rings (SSSR count). The van der Waals surface area contributed by atoms with E-state index < -0.39 is 5.97 Å². The molecule has 2 aromatic heterocycles. The number of nitrogens with one attached hydrogen (secondary N) is 1. The monoisotopic (exact) mass is 278 g/mol. The summed E-state index contributed by atoms with van der Waals surface area (Å²) >= 11 is 1.56. The summed E-state index contributed by atoms with van der Waals surface area (Å²) in [6, 6.07) is 1.49. The van der Waals surface area contributed by atoms with E-state index in [4.69, 9.17) is 10.5 Å². The van der Waals surface area contributed by atoms with E-state index in [1.807, 2.05) is 6.92 Å². The van der Waals surface area contributed by atoms with Gasteiger partial charge in [-0.05, 0) is 13.0 Å². The molecule has 2 aromatic rings. The number of aryl methyl sites for hydroxylation is 1. The van der Waals surface area contributed by atoms with Gasteiger partial charge in [-0.25, -0.2) is 14.8 Å². The quantitative estimate of drug-likeness (QED) is 0.829. The summed E-state index contributed by atoms with van der Waals surface area (Å²) in [4.78, 5) is 20.9. The number of hydrogen-bond donors (Lipinski definition) is 2. The molecule has 7 heteroatoms. The zero-order valence-electron chi connectivity index (χ0n) is 10.6. The molecule has 0 spiro atoms. The van der Waals surface area contributed by atoms with Crippen LogP contribution in [0.1, 0.15) is 20.9 Å². The molecule has 0 saturated heterocycles. The number of methoxy groups -OCH3 is 1. The Labute approximate surface area is 114 Å². The molecule has 19 heavy (non-hydrogen) atoms. The van der Waals surface area contributed by atoms with Crippen molar-refractivity contribution in [1.29, 1.82) is 0 Å². The fraction of sp³-hybridized carbons (Fsp3) is 0.250. The van der Waals surface area contributed by atoms with E-state index in [0.717, 1.165) is 10.6 Å². The van der Waals surface area contributed by atoms with Crippen molar-refractivity contribution in [3.05, 3.63) is 33.9 Å². The Bertz CT molecular complexity index is 597. The van der Waals surface area contributed by atoms with E-state index in [0.29, 0.717) is 17.8 Å². The Hall–Kier alpha value is -2.15. The van der Waals surface area contributed by atoms with Crippen molar-refractivity contribution in [1.82, 2.24) is 9.97 Å². The van der Waals surface area contributed by atoms with Crippen LogP contribution in [-0.4, -0.2) is 23.0 Å². The highest BCUT2D eigenvalue weighted by Crippen LogP contribution is 2.20. The topological polar surface area (TPSA) is 90.1 Å². The normalized spacial score (nSPS) is 10.2. The molecule has 0 aliphatic rings. The number of carbonyl (C=O) groups is 1. The lowest BCUT2D eigenvalue weighted by Gasteiger charge is -2.10. The minimum Gasteiger partial charge on any atom is -0.465 e. The van der Waals surface area contributed by atoms with E-state index in [1.54, 1.807) is 16.8 Å². The number of nitrogens with two attached hydrogens (primary N) is 1. The predicted octanol–water partition coefficient (Wildman–Crippen LogP) is 1.83. The van der Waals surface area contributed by atoms with Crippen LogP contribution in [0.3, 0.4) is 0 Å². The Morgan fingerprint density at radius 2 is 2.32 bits per heavy atom. The Morgan fingerprint density at radius 3 is 2.95 bits per heavy atom. The molecule has 2 heterocycles. The number of anilines is 2. The number of nitrogen functional groups attached to an aromatic ring is 1. The molecule has 0 amide bonds. The molecule has 0 aliphatic heterocycles. The summed E-state index contributed by atoms with van der Waals surface area (Å²) in [5.41, 5.74) is 9.30. The van der Waals surface area contributed by atoms with Crippen LogP contribution >= 0.6 is 11.3 Å². The zero-order chi connectivity index (χ0) is 13.8. The van der Waals surface area contributed by atoms with Gasteiger partial charge in [-0.3, -0.25) is 0 Å². The number of pyridine rings is 1. The first-order chi connectivity index (χ1) is 9.11. The van der Waals surface area contributed by atoms with E-state index in [9.17, 15) is 4.79 Å². The number of thiazole rings is 1. The number of nitrogens with zero attached hydrogens (tertiary/aromatic N) is 2. The third kappa shape index (κ3) is 3.00. The van der Waals surface area contributed by atoms with Crippen LogP contribution < -0.4 is 11.1 Å². The van der Waals surface area contributed by atoms with E-state index in [1.165, 1.54) is 19.4 Å². The Balaban J connectivity index is 2.20. The second kappa shape index (κ2) is 5.66. The smallest absolute Gasteiger partial charge is 0.340 e. The molecule has 0 aromatic carbocycles. The van der Waals surface area contributed by atoms with Gasteiger partial charge in [0.1, 0.15) is 5.82 Å². The van der Waals surface area contributed by atoms with E-state index >= 15 is 0 Å². The number of aromatic nitrogens is 2. The summed E-state index contributed by atoms with van der Waals surface area (Å²) in [6.45, 7) is 2.52. The summed E-state index contributed by atoms with van der Waals surface area (Å²) in [6.07, 6.45) is 1.53. The minimum absolute atomic E-state index is 0.278. The van der Waals surface area contributed by atoms with Gasteiger partial charge in [0.2, 0.25) is 0 Å². The number of carbonyl (C=O) groups excluding carboxylic acids is 1. The van der Waals surface area contributed by atoms with Crippen LogP contribution in [0.2, 0.25) is 0 Å². The van der Waals surface area contributed by atoms with Crippen molar-refractivity contribution in [3.8, 4) is 0 Å². The second-order valence-electron chi connectivity index (χ2n) is 3.86. The van der Waals surface area contributed by atoms with Gasteiger partial charge in [0.05, 0.1) is 42.3 Å². The maximum atomic E-state index is 11.7. The van der Waals surface area contributed by atoms with E-state index in [-0.39, 0.29) is 5.82 Å². The fourth-order valence-corrected chi connectivity index (χ4v) is 2.28. The van der Waals surface area contributed by atoms with Crippen LogP contribution in [0, 0.1) is 6.92 Å². The van der Waals surface area contributed by atoms with Crippen LogP contribution in [0.5, 0.6) is 0 Å². The first-order valence-corrected chi connectivity index (χ1v) is 6.46. The van der Waals surface area contributed by atoms with Crippen molar-refractivity contribution in [3.63, 3.8) is 0 Å². The van der Waals surface area contributed by atoms with Gasteiger partial charge in [0, 0.05) is 4.88 Å². The van der Waals surface area contributed by atoms with Crippen LogP contribution in [0.25, 0.3) is 0 Å². The number of hydrogen-bond acceptors (Lipinski definition) is 7. The molecule has 0 fully saturated rings. The number of esters is 1. The largest absolute Gasteiger partial charge is 0.465 e. The van der Waals surface area contributed by atoms with Gasteiger partial charge < -0.3 is 15.8 Å². The molecule has 0 atom stereocenters. The van der Waals surface area contributed by atoms with Crippen molar-refractivity contribution in [2.75, 3.05) is 18.2 Å². The van der Waals surface area contributed by atoms with Gasteiger partial charge in [-0.2, -0.15) is 0 Å². The third-order valence-electron chi connectivity index (χ3n) is 2.61. The Kier molecular flexibility index (Phi) is 3.96. The van der Waals surface area contributed by atoms with Crippen molar-refractivity contribution in [2.45, 2.75) is 13.5 Å². The minimum atomic E-state index is -0.447. The van der Waals surface area contributed by atoms with Gasteiger partial charge in [-0.1, -0.05) is 0 Å². The predicted molar refractivity (Wildman–Crippen MR) is 74.2 cm³/mol. The lowest BCUT2D eigenvalue weighted by Crippen LogP contribution is -2.10. The molecule has 0 saturated carbocycles. The second-order valence-corrected chi connectivity index (χ2v) is 4.80. The average Bonchev–Trinajstić information content (AvgIpc) is 2.82. The summed E-state index contributed by atoms with van der Waals surface area (Å²) in [5.74, 6) is -0.169. The molecule has 0 bridgehead atoms. The lowest BCUT2D eigenvalue weighted by atomic mass is 10.2. The molecule has 0 aliphatic carbocycles. The number of rotatable bonds is 4. The standard InChI is InChI=1S/C12H14N4O2S/c1-7-10(19-6-16-7)5-14-9-4-15-11(13)3-8(9)12(17)18-2/h3-4,6,14H,5H2,1-2H3,(H2,13,15). The molecule has 3 N–H and O–H groups in total. The zero-order valence-corrected chi connectivity index (χ0v) is 11.5. The Morgan fingerprint density at radius 1 is 1.53 bits per heavy atom. The number of ether oxygens (including phenoxy) is 1. The van der Waals surface area contributed by atoms with Gasteiger partial charge in [-0.15, -0.1) is 11.3 Å². The van der Waals surface area contributed by atoms with Gasteiger partial charge in [0.15, 0.2) is 0 Å². The SMILES string of the molecule is COC(=O)c1cc(N)ncc1NCc1scnc1C. The summed E-state index contributed by atoms with van der Waals surface area (Å²) in [5, 5.41) is 3.15. The van der Waals surface area contributed by atoms with E-state index in [2.05, 4.69) is 15.3 Å².